The molecule has 0 aromatic heterocycles. The van der Waals surface area contributed by atoms with Crippen molar-refractivity contribution in [3.05, 3.63) is 6.42 Å². The molecule has 0 spiro atoms. The smallest absolute Gasteiger partial charge is 0.0130 e. The molecule has 0 aromatic carbocycles. The Kier molecular flexibility index (Phi) is 1.90. The van der Waals surface area contributed by atoms with Crippen molar-refractivity contribution in [2.45, 2.75) is 26.3 Å². The standard InChI is InChI=1S/C7H14N/c1-3-8(4-2)7-5-6-7/h5,7H,3-4,6H2,1-2H3. The SMILES string of the molecule is CCN(CC)C1[CH]C1. The average Bonchev–Trinajstić information content (AvgIpc) is 2.53. The number of hydrogen-bond donors (Lipinski definition) is 0. The van der Waals surface area contributed by atoms with Crippen LogP contribution < -0.4 is 0 Å². The van der Waals surface area contributed by atoms with Crippen LogP contribution in [0.1, 0.15) is 20.3 Å². The molecule has 1 aliphatic carbocycles. The molecule has 1 fully saturated rings. The van der Waals surface area contributed by atoms with Gasteiger partial charge in [0.15, 0.2) is 0 Å². The number of nitrogens with zero attached hydrogens (tertiary/aromatic N) is 1. The zero-order chi connectivity index (χ0) is 5.98. The third-order valence-corrected chi connectivity index (χ3v) is 1.73. The van der Waals surface area contributed by atoms with E-state index in [0.29, 0.717) is 0 Å². The van der Waals surface area contributed by atoms with Gasteiger partial charge in [0.05, 0.1) is 0 Å². The lowest BCUT2D eigenvalue weighted by Crippen LogP contribution is -2.24. The van der Waals surface area contributed by atoms with E-state index < -0.39 is 0 Å². The summed E-state index contributed by atoms with van der Waals surface area (Å²) in [4.78, 5) is 2.47. The molecule has 0 N–H and O–H groups in total. The molecule has 8 heavy (non-hydrogen) atoms. The van der Waals surface area contributed by atoms with E-state index in [2.05, 4.69) is 25.2 Å². The fourth-order valence-corrected chi connectivity index (χ4v) is 1.05. The summed E-state index contributed by atoms with van der Waals surface area (Å²) in [6, 6.07) is 0.838. The Balaban J connectivity index is 2.15. The maximum absolute atomic E-state index is 2.47. The lowest BCUT2D eigenvalue weighted by Gasteiger charge is -2.15. The quantitative estimate of drug-likeness (QED) is 0.532. The van der Waals surface area contributed by atoms with Crippen LogP contribution >= 0.6 is 0 Å². The maximum atomic E-state index is 2.47. The van der Waals surface area contributed by atoms with Crippen molar-refractivity contribution in [3.8, 4) is 0 Å². The van der Waals surface area contributed by atoms with E-state index in [9.17, 15) is 0 Å². The van der Waals surface area contributed by atoms with Gasteiger partial charge in [-0.2, -0.15) is 0 Å². The highest BCUT2D eigenvalue weighted by molar-refractivity contribution is 5.02. The summed E-state index contributed by atoms with van der Waals surface area (Å²) in [5.74, 6) is 0. The molecule has 0 amide bonds. The maximum Gasteiger partial charge on any atom is 0.0130 e. The molecule has 1 nitrogen and oxygen atoms in total. The summed E-state index contributed by atoms with van der Waals surface area (Å²) in [5, 5.41) is 0. The second-order valence-electron chi connectivity index (χ2n) is 2.26. The van der Waals surface area contributed by atoms with E-state index in [-0.39, 0.29) is 0 Å². The van der Waals surface area contributed by atoms with Gasteiger partial charge in [-0.3, -0.25) is 0 Å². The molecule has 1 atom stereocenters. The first-order chi connectivity index (χ1) is 3.88. The van der Waals surface area contributed by atoms with Crippen LogP contribution in [0.5, 0.6) is 0 Å². The Hall–Kier alpha value is -0.0400. The third-order valence-electron chi connectivity index (χ3n) is 1.73. The zero-order valence-corrected chi connectivity index (χ0v) is 5.72. The monoisotopic (exact) mass is 112 g/mol. The fraction of sp³-hybridized carbons (Fsp3) is 0.857. The van der Waals surface area contributed by atoms with Gasteiger partial charge >= 0.3 is 0 Å². The summed E-state index contributed by atoms with van der Waals surface area (Å²) in [6.07, 6.45) is 3.68. The molecular weight excluding hydrogens is 98.1 g/mol. The van der Waals surface area contributed by atoms with E-state index in [0.717, 1.165) is 6.04 Å². The highest BCUT2D eigenvalue weighted by Crippen LogP contribution is 2.24. The van der Waals surface area contributed by atoms with Gasteiger partial charge in [0.2, 0.25) is 0 Å². The minimum Gasteiger partial charge on any atom is -0.301 e. The normalized spacial score (nSPS) is 19.9. The van der Waals surface area contributed by atoms with Crippen LogP contribution in [-0.4, -0.2) is 24.0 Å². The van der Waals surface area contributed by atoms with Crippen LogP contribution in [0.3, 0.4) is 0 Å². The van der Waals surface area contributed by atoms with Gasteiger partial charge in [0.25, 0.3) is 0 Å². The largest absolute Gasteiger partial charge is 0.301 e. The molecule has 0 bridgehead atoms. The first-order valence-electron chi connectivity index (χ1n) is 3.45. The van der Waals surface area contributed by atoms with Crippen LogP contribution in [0.25, 0.3) is 0 Å². The fourth-order valence-electron chi connectivity index (χ4n) is 1.05. The molecule has 0 aromatic rings. The summed E-state index contributed by atoms with van der Waals surface area (Å²) < 4.78 is 0. The average molecular weight is 112 g/mol. The molecule has 0 saturated heterocycles. The predicted molar refractivity (Wildman–Crippen MR) is 35.6 cm³/mol. The molecule has 1 heteroatoms. The van der Waals surface area contributed by atoms with Crippen molar-refractivity contribution in [3.63, 3.8) is 0 Å². The Morgan fingerprint density at radius 1 is 1.50 bits per heavy atom. The second-order valence-corrected chi connectivity index (χ2v) is 2.26. The van der Waals surface area contributed by atoms with Crippen molar-refractivity contribution in [1.82, 2.24) is 4.90 Å². The topological polar surface area (TPSA) is 3.24 Å². The van der Waals surface area contributed by atoms with Crippen molar-refractivity contribution in [2.24, 2.45) is 0 Å². The molecule has 1 aliphatic rings. The Labute approximate surface area is 51.7 Å². The lowest BCUT2D eigenvalue weighted by molar-refractivity contribution is 0.301. The van der Waals surface area contributed by atoms with Gasteiger partial charge in [-0.15, -0.1) is 0 Å². The summed E-state index contributed by atoms with van der Waals surface area (Å²) in [6.45, 7) is 6.85. The minimum atomic E-state index is 0.838. The van der Waals surface area contributed by atoms with Crippen LogP contribution in [0.15, 0.2) is 0 Å². The van der Waals surface area contributed by atoms with E-state index in [1.165, 1.54) is 19.5 Å². The summed E-state index contributed by atoms with van der Waals surface area (Å²) >= 11 is 0. The molecule has 1 radical (unpaired) electrons. The molecule has 1 unspecified atom stereocenters. The molecule has 47 valence electrons. The predicted octanol–water partition coefficient (Wildman–Crippen LogP) is 1.30. The Bertz CT molecular complexity index is 62.8. The van der Waals surface area contributed by atoms with Crippen LogP contribution in [-0.2, 0) is 0 Å². The highest BCUT2D eigenvalue weighted by Gasteiger charge is 2.26. The van der Waals surface area contributed by atoms with Crippen molar-refractivity contribution in [1.29, 1.82) is 0 Å². The van der Waals surface area contributed by atoms with E-state index >= 15 is 0 Å². The zero-order valence-electron chi connectivity index (χ0n) is 5.72. The van der Waals surface area contributed by atoms with Crippen molar-refractivity contribution >= 4 is 0 Å². The molecule has 0 heterocycles. The third kappa shape index (κ3) is 1.22. The van der Waals surface area contributed by atoms with Gasteiger partial charge in [0, 0.05) is 6.04 Å². The van der Waals surface area contributed by atoms with E-state index in [1.807, 2.05) is 0 Å². The lowest BCUT2D eigenvalue weighted by atomic mass is 10.5. The van der Waals surface area contributed by atoms with Crippen molar-refractivity contribution in [2.75, 3.05) is 13.1 Å². The van der Waals surface area contributed by atoms with Crippen LogP contribution in [0, 0.1) is 6.42 Å². The minimum absolute atomic E-state index is 0.838. The van der Waals surface area contributed by atoms with Gasteiger partial charge < -0.3 is 4.90 Å². The van der Waals surface area contributed by atoms with Gasteiger partial charge in [0.1, 0.15) is 0 Å². The van der Waals surface area contributed by atoms with E-state index in [1.54, 1.807) is 0 Å². The van der Waals surface area contributed by atoms with Gasteiger partial charge in [-0.1, -0.05) is 13.8 Å². The van der Waals surface area contributed by atoms with Crippen LogP contribution in [0.4, 0.5) is 0 Å². The van der Waals surface area contributed by atoms with Gasteiger partial charge in [-0.25, -0.2) is 0 Å². The summed E-state index contributed by atoms with van der Waals surface area (Å²) in [7, 11) is 0. The van der Waals surface area contributed by atoms with Crippen LogP contribution in [0.2, 0.25) is 0 Å². The summed E-state index contributed by atoms with van der Waals surface area (Å²) in [5.41, 5.74) is 0. The highest BCUT2D eigenvalue weighted by atomic mass is 15.2. The van der Waals surface area contributed by atoms with Crippen molar-refractivity contribution < 1.29 is 0 Å². The Morgan fingerprint density at radius 3 is 2.12 bits per heavy atom. The number of hydrogen-bond acceptors (Lipinski definition) is 1. The first kappa shape index (κ1) is 6.09. The molecule has 0 aliphatic heterocycles. The molecule has 1 saturated carbocycles. The first-order valence-corrected chi connectivity index (χ1v) is 3.45. The van der Waals surface area contributed by atoms with Gasteiger partial charge in [-0.05, 0) is 25.9 Å². The molecular formula is C7H14N. The van der Waals surface area contributed by atoms with E-state index in [4.69, 9.17) is 0 Å². The Morgan fingerprint density at radius 2 is 2.00 bits per heavy atom. The molecule has 1 rings (SSSR count). The number of rotatable bonds is 3. The second kappa shape index (κ2) is 2.49.